The molecule has 0 spiro atoms. The predicted octanol–water partition coefficient (Wildman–Crippen LogP) is 5.57. The number of aromatic nitrogens is 2. The number of hydrogen-bond acceptors (Lipinski definition) is 6. The van der Waals surface area contributed by atoms with E-state index in [2.05, 4.69) is 52.7 Å². The van der Waals surface area contributed by atoms with Crippen LogP contribution in [0.25, 0.3) is 0 Å². The molecule has 0 aliphatic carbocycles. The molecule has 2 unspecified atom stereocenters. The first-order valence-corrected chi connectivity index (χ1v) is 12.8. The van der Waals surface area contributed by atoms with Crippen molar-refractivity contribution < 1.29 is 0 Å². The minimum atomic E-state index is -0.204. The molecule has 0 amide bonds. The lowest BCUT2D eigenvalue weighted by Crippen LogP contribution is -2.33. The fraction of sp³-hybridized carbons (Fsp3) is 0.560. The molecule has 174 valence electrons. The van der Waals surface area contributed by atoms with E-state index in [4.69, 9.17) is 10.4 Å². The first kappa shape index (κ1) is 24.5. The van der Waals surface area contributed by atoms with E-state index in [0.717, 1.165) is 63.2 Å². The number of aromatic amines is 1. The number of H-pyrrole nitrogens is 1. The summed E-state index contributed by atoms with van der Waals surface area (Å²) in [4.78, 5) is 20.8. The molecule has 0 radical (unpaired) electrons. The molecule has 3 rings (SSSR count). The number of nitrogens with zero attached hydrogens (tertiary/aromatic N) is 2. The number of benzene rings is 1. The van der Waals surface area contributed by atoms with Crippen molar-refractivity contribution in [2.24, 2.45) is 0 Å². The van der Waals surface area contributed by atoms with Gasteiger partial charge >= 0.3 is 0 Å². The van der Waals surface area contributed by atoms with Gasteiger partial charge in [-0.1, -0.05) is 69.0 Å². The largest absolute Gasteiger partial charge is 0.367 e. The lowest BCUT2D eigenvalue weighted by molar-refractivity contribution is 0.334. The van der Waals surface area contributed by atoms with Gasteiger partial charge in [0.1, 0.15) is 17.2 Å². The van der Waals surface area contributed by atoms with E-state index in [-0.39, 0.29) is 23.2 Å². The maximum absolute atomic E-state index is 12.9. The van der Waals surface area contributed by atoms with Crippen LogP contribution >= 0.6 is 11.9 Å². The van der Waals surface area contributed by atoms with Gasteiger partial charge in [-0.3, -0.25) is 4.79 Å². The number of piperidine rings is 1. The fourth-order valence-corrected chi connectivity index (χ4v) is 5.25. The number of nitrogens with one attached hydrogen (secondary N) is 3. The first-order chi connectivity index (χ1) is 15.5. The van der Waals surface area contributed by atoms with Gasteiger partial charge in [0, 0.05) is 36.5 Å². The van der Waals surface area contributed by atoms with Crippen molar-refractivity contribution in [3.8, 4) is 0 Å². The Morgan fingerprint density at radius 1 is 1.34 bits per heavy atom. The van der Waals surface area contributed by atoms with E-state index < -0.39 is 0 Å². The van der Waals surface area contributed by atoms with Gasteiger partial charge in [-0.15, -0.1) is 0 Å². The molecule has 1 aliphatic rings. The van der Waals surface area contributed by atoms with E-state index in [0.29, 0.717) is 11.4 Å². The highest BCUT2D eigenvalue weighted by Gasteiger charge is 2.26. The van der Waals surface area contributed by atoms with E-state index in [1.165, 1.54) is 5.56 Å². The molecule has 32 heavy (non-hydrogen) atoms. The minimum absolute atomic E-state index is 0.191. The molecule has 0 saturated carbocycles. The maximum Gasteiger partial charge on any atom is 0.262 e. The molecular weight excluding hydrogens is 418 g/mol. The van der Waals surface area contributed by atoms with Crippen LogP contribution in [0.1, 0.15) is 82.2 Å². The van der Waals surface area contributed by atoms with Crippen molar-refractivity contribution in [2.45, 2.75) is 77.0 Å². The molecule has 1 aromatic carbocycles. The van der Waals surface area contributed by atoms with Crippen molar-refractivity contribution in [2.75, 3.05) is 18.4 Å². The maximum atomic E-state index is 12.9. The van der Waals surface area contributed by atoms with Gasteiger partial charge in [0.2, 0.25) is 0 Å². The molecule has 7 heteroatoms. The van der Waals surface area contributed by atoms with Crippen LogP contribution in [-0.2, 0) is 5.75 Å². The van der Waals surface area contributed by atoms with Gasteiger partial charge < -0.3 is 15.7 Å². The molecule has 2 aromatic rings. The summed E-state index contributed by atoms with van der Waals surface area (Å²) in [5.41, 5.74) is 1.74. The van der Waals surface area contributed by atoms with Gasteiger partial charge in [-0.25, -0.2) is 9.29 Å². The monoisotopic (exact) mass is 455 g/mol. The molecule has 6 nitrogen and oxygen atoms in total. The van der Waals surface area contributed by atoms with Gasteiger partial charge in [-0.2, -0.15) is 0 Å². The van der Waals surface area contributed by atoms with E-state index in [1.807, 2.05) is 18.0 Å². The van der Waals surface area contributed by atoms with Crippen LogP contribution < -0.4 is 10.9 Å². The number of hydrogen-bond donors (Lipinski definition) is 3. The highest BCUT2D eigenvalue weighted by atomic mass is 32.2. The third-order valence-electron chi connectivity index (χ3n) is 6.08. The van der Waals surface area contributed by atoms with E-state index in [1.54, 1.807) is 6.92 Å². The lowest BCUT2D eigenvalue weighted by Gasteiger charge is -2.31. The second-order valence-corrected chi connectivity index (χ2v) is 9.74. The predicted molar refractivity (Wildman–Crippen MR) is 136 cm³/mol. The first-order valence-electron chi connectivity index (χ1n) is 11.9. The summed E-state index contributed by atoms with van der Waals surface area (Å²) in [5, 5.41) is 11.6. The molecule has 3 N–H and O–H groups in total. The summed E-state index contributed by atoms with van der Waals surface area (Å²) in [5.74, 6) is 2.47. The molecule has 1 aliphatic heterocycles. The van der Waals surface area contributed by atoms with Crippen LogP contribution in [0.4, 0.5) is 5.82 Å². The van der Waals surface area contributed by atoms with Gasteiger partial charge in [0.15, 0.2) is 0 Å². The SMILES string of the molecule is CCCCC(CC)Nc1nc(C2CCCN(SCc3ccccc3)C2)[nH]c(=O)c1C(C)=N. The zero-order valence-electron chi connectivity index (χ0n) is 19.6. The smallest absolute Gasteiger partial charge is 0.262 e. The zero-order chi connectivity index (χ0) is 22.9. The number of unbranched alkanes of at least 4 members (excludes halogenated alkanes) is 1. The molecule has 1 fully saturated rings. The van der Waals surface area contributed by atoms with Crippen molar-refractivity contribution in [1.82, 2.24) is 14.3 Å². The molecular formula is C25H37N5OS. The Morgan fingerprint density at radius 2 is 2.12 bits per heavy atom. The van der Waals surface area contributed by atoms with Gasteiger partial charge in [0.25, 0.3) is 5.56 Å². The summed E-state index contributed by atoms with van der Waals surface area (Å²) in [6.45, 7) is 7.92. The Bertz CT molecular complexity index is 930. The average molecular weight is 456 g/mol. The van der Waals surface area contributed by atoms with Crippen molar-refractivity contribution in [3.05, 3.63) is 57.6 Å². The summed E-state index contributed by atoms with van der Waals surface area (Å²) < 4.78 is 2.40. The number of rotatable bonds is 11. The van der Waals surface area contributed by atoms with Crippen LogP contribution in [0.2, 0.25) is 0 Å². The molecule has 1 aromatic heterocycles. The second kappa shape index (κ2) is 12.2. The highest BCUT2D eigenvalue weighted by Crippen LogP contribution is 2.30. The Labute approximate surface area is 196 Å². The third kappa shape index (κ3) is 6.69. The highest BCUT2D eigenvalue weighted by molar-refractivity contribution is 7.96. The lowest BCUT2D eigenvalue weighted by atomic mass is 9.98. The van der Waals surface area contributed by atoms with E-state index >= 15 is 0 Å². The summed E-state index contributed by atoms with van der Waals surface area (Å²) in [6, 6.07) is 10.8. The number of anilines is 1. The van der Waals surface area contributed by atoms with E-state index in [9.17, 15) is 4.79 Å². The Kier molecular flexibility index (Phi) is 9.36. The summed E-state index contributed by atoms with van der Waals surface area (Å²) >= 11 is 1.85. The fourth-order valence-electron chi connectivity index (χ4n) is 4.18. The standard InChI is InChI=1S/C25H37N5OS/c1-4-6-14-21(5-2)27-24-22(18(3)26)25(31)29-23(28-24)20-13-10-15-30(16-20)32-17-19-11-8-7-9-12-19/h7-9,11-12,20-21,26H,4-6,10,13-17H2,1-3H3,(H2,27,28,29,31). The zero-order valence-corrected chi connectivity index (χ0v) is 20.4. The average Bonchev–Trinajstić information content (AvgIpc) is 2.80. The molecule has 2 heterocycles. The Balaban J connectivity index is 1.76. The van der Waals surface area contributed by atoms with Gasteiger partial charge in [0.05, 0.1) is 0 Å². The summed E-state index contributed by atoms with van der Waals surface area (Å²) in [6.07, 6.45) is 6.38. The Hall–Kier alpha value is -2.12. The van der Waals surface area contributed by atoms with Crippen molar-refractivity contribution in [3.63, 3.8) is 0 Å². The third-order valence-corrected chi connectivity index (χ3v) is 7.24. The van der Waals surface area contributed by atoms with Crippen LogP contribution in [0.15, 0.2) is 35.1 Å². The molecule has 1 saturated heterocycles. The quantitative estimate of drug-likeness (QED) is 0.305. The normalized spacial score (nSPS) is 17.8. The molecule has 2 atom stereocenters. The van der Waals surface area contributed by atoms with Crippen molar-refractivity contribution >= 4 is 23.5 Å². The molecule has 0 bridgehead atoms. The van der Waals surface area contributed by atoms with Crippen LogP contribution in [0.5, 0.6) is 0 Å². The topological polar surface area (TPSA) is 84.9 Å². The minimum Gasteiger partial charge on any atom is -0.367 e. The van der Waals surface area contributed by atoms with Crippen LogP contribution in [0.3, 0.4) is 0 Å². The second-order valence-electron chi connectivity index (χ2n) is 8.68. The summed E-state index contributed by atoms with van der Waals surface area (Å²) in [7, 11) is 0. The van der Waals surface area contributed by atoms with Crippen LogP contribution in [-0.4, -0.2) is 39.1 Å². The van der Waals surface area contributed by atoms with Crippen molar-refractivity contribution in [1.29, 1.82) is 5.41 Å². The van der Waals surface area contributed by atoms with Gasteiger partial charge in [-0.05, 0) is 38.2 Å². The Morgan fingerprint density at radius 3 is 2.81 bits per heavy atom. The van der Waals surface area contributed by atoms with Crippen LogP contribution in [0, 0.1) is 5.41 Å².